The number of halogens is 3. The molecule has 3 unspecified atom stereocenters. The zero-order valence-electron chi connectivity index (χ0n) is 12.3. The Hall–Kier alpha value is -1.02. The molecule has 0 saturated heterocycles. The maximum atomic E-state index is 12.7. The summed E-state index contributed by atoms with van der Waals surface area (Å²) in [6, 6.07) is -0.566. The van der Waals surface area contributed by atoms with Gasteiger partial charge in [-0.3, -0.25) is 0 Å². The Labute approximate surface area is 121 Å². The second-order valence-corrected chi connectivity index (χ2v) is 6.55. The van der Waals surface area contributed by atoms with Crippen LogP contribution in [-0.4, -0.2) is 46.8 Å². The fourth-order valence-electron chi connectivity index (χ4n) is 2.58. The first-order valence-electron chi connectivity index (χ1n) is 6.75. The molecule has 1 aliphatic rings. The number of alkyl carbamates (subject to hydrolysis) is 1. The van der Waals surface area contributed by atoms with Crippen LogP contribution >= 0.6 is 0 Å². The predicted molar refractivity (Wildman–Crippen MR) is 68.6 cm³/mol. The monoisotopic (exact) mass is 313 g/mol. The highest BCUT2D eigenvalue weighted by molar-refractivity contribution is 5.68. The molecule has 3 atom stereocenters. The molecule has 1 rings (SSSR count). The first-order valence-corrected chi connectivity index (χ1v) is 6.75. The van der Waals surface area contributed by atoms with Crippen molar-refractivity contribution in [3.8, 4) is 0 Å². The van der Waals surface area contributed by atoms with E-state index in [9.17, 15) is 28.2 Å². The first kappa shape index (κ1) is 18.0. The number of hydrogen-bond donors (Lipinski definition) is 3. The van der Waals surface area contributed by atoms with Crippen molar-refractivity contribution in [2.75, 3.05) is 6.61 Å². The molecule has 0 bridgehead atoms. The summed E-state index contributed by atoms with van der Waals surface area (Å²) in [6.45, 7) is 4.23. The smallest absolute Gasteiger partial charge is 0.414 e. The lowest BCUT2D eigenvalue weighted by molar-refractivity contribution is -0.244. The lowest BCUT2D eigenvalue weighted by atomic mass is 9.80. The maximum Gasteiger partial charge on any atom is 0.414 e. The quantitative estimate of drug-likeness (QED) is 0.744. The van der Waals surface area contributed by atoms with Crippen LogP contribution in [0.4, 0.5) is 18.0 Å². The number of ether oxygens (including phenoxy) is 1. The molecule has 0 radical (unpaired) electrons. The fourth-order valence-corrected chi connectivity index (χ4v) is 2.58. The van der Waals surface area contributed by atoms with E-state index in [0.717, 1.165) is 0 Å². The van der Waals surface area contributed by atoms with Crippen molar-refractivity contribution < 1.29 is 32.9 Å². The van der Waals surface area contributed by atoms with Crippen LogP contribution in [0.3, 0.4) is 0 Å². The second kappa shape index (κ2) is 6.00. The summed E-state index contributed by atoms with van der Waals surface area (Å²) in [4.78, 5) is 11.6. The third-order valence-electron chi connectivity index (χ3n) is 3.57. The lowest BCUT2D eigenvalue weighted by Crippen LogP contribution is -2.47. The fraction of sp³-hybridized carbons (Fsp3) is 0.923. The molecule has 1 fully saturated rings. The topological polar surface area (TPSA) is 78.8 Å². The van der Waals surface area contributed by atoms with E-state index in [2.05, 4.69) is 5.32 Å². The van der Waals surface area contributed by atoms with Crippen LogP contribution in [0.5, 0.6) is 0 Å². The molecule has 1 saturated carbocycles. The Morgan fingerprint density at radius 3 is 2.43 bits per heavy atom. The molecule has 124 valence electrons. The van der Waals surface area contributed by atoms with Gasteiger partial charge in [0.15, 0.2) is 6.10 Å². The van der Waals surface area contributed by atoms with Gasteiger partial charge in [0.25, 0.3) is 0 Å². The minimum atomic E-state index is -4.80. The van der Waals surface area contributed by atoms with E-state index < -0.39 is 42.0 Å². The molecule has 0 aromatic heterocycles. The van der Waals surface area contributed by atoms with Crippen LogP contribution < -0.4 is 5.32 Å². The standard InChI is InChI=1S/C13H22F3NO4/c1-11(2,3)21-10(20)17-8-4-5-12(6-8,7-18)9(19)13(14,15)16/h8-9,18-19H,4-7H2,1-3H3,(H,17,20). The molecular weight excluding hydrogens is 291 g/mol. The Balaban J connectivity index is 2.67. The van der Waals surface area contributed by atoms with Crippen LogP contribution in [0.1, 0.15) is 40.0 Å². The van der Waals surface area contributed by atoms with E-state index in [0.29, 0.717) is 0 Å². The van der Waals surface area contributed by atoms with Crippen molar-refractivity contribution in [1.29, 1.82) is 0 Å². The zero-order valence-corrected chi connectivity index (χ0v) is 12.3. The van der Waals surface area contributed by atoms with Gasteiger partial charge >= 0.3 is 12.3 Å². The number of carbonyl (C=O) groups is 1. The number of aliphatic hydroxyl groups excluding tert-OH is 2. The molecule has 0 spiro atoms. The van der Waals surface area contributed by atoms with Crippen molar-refractivity contribution in [1.82, 2.24) is 5.32 Å². The van der Waals surface area contributed by atoms with Crippen molar-refractivity contribution in [2.24, 2.45) is 5.41 Å². The van der Waals surface area contributed by atoms with Gasteiger partial charge in [0.05, 0.1) is 6.61 Å². The zero-order chi connectivity index (χ0) is 16.5. The molecule has 0 aromatic carbocycles. The van der Waals surface area contributed by atoms with E-state index in [1.807, 2.05) is 0 Å². The third-order valence-corrected chi connectivity index (χ3v) is 3.57. The molecule has 3 N–H and O–H groups in total. The average molecular weight is 313 g/mol. The van der Waals surface area contributed by atoms with Crippen LogP contribution in [0.15, 0.2) is 0 Å². The van der Waals surface area contributed by atoms with Crippen molar-refractivity contribution in [3.63, 3.8) is 0 Å². The number of hydrogen-bond acceptors (Lipinski definition) is 4. The van der Waals surface area contributed by atoms with Crippen LogP contribution in [0, 0.1) is 5.41 Å². The molecule has 21 heavy (non-hydrogen) atoms. The molecule has 0 aliphatic heterocycles. The average Bonchev–Trinajstić information content (AvgIpc) is 2.68. The van der Waals surface area contributed by atoms with Gasteiger partial charge in [0.2, 0.25) is 0 Å². The minimum Gasteiger partial charge on any atom is -0.444 e. The number of alkyl halides is 3. The van der Waals surface area contributed by atoms with E-state index in [1.165, 1.54) is 0 Å². The summed E-state index contributed by atoms with van der Waals surface area (Å²) in [6.07, 6.45) is -8.06. The van der Waals surface area contributed by atoms with Gasteiger partial charge in [0.1, 0.15) is 5.60 Å². The molecule has 0 aromatic rings. The van der Waals surface area contributed by atoms with Crippen molar-refractivity contribution in [3.05, 3.63) is 0 Å². The second-order valence-electron chi connectivity index (χ2n) is 6.55. The molecular formula is C13H22F3NO4. The van der Waals surface area contributed by atoms with Gasteiger partial charge in [-0.05, 0) is 40.0 Å². The highest BCUT2D eigenvalue weighted by Gasteiger charge is 2.55. The predicted octanol–water partition coefficient (Wildman–Crippen LogP) is 1.97. The Morgan fingerprint density at radius 1 is 1.43 bits per heavy atom. The largest absolute Gasteiger partial charge is 0.444 e. The normalized spacial score (nSPS) is 28.3. The summed E-state index contributed by atoms with van der Waals surface area (Å²) in [7, 11) is 0. The van der Waals surface area contributed by atoms with E-state index >= 15 is 0 Å². The van der Waals surface area contributed by atoms with Crippen LogP contribution in [0.25, 0.3) is 0 Å². The van der Waals surface area contributed by atoms with Crippen molar-refractivity contribution in [2.45, 2.75) is 64.0 Å². The molecule has 8 heteroatoms. The minimum absolute atomic E-state index is 0.0232. The van der Waals surface area contributed by atoms with E-state index in [-0.39, 0.29) is 19.3 Å². The summed E-state index contributed by atoms with van der Waals surface area (Å²) >= 11 is 0. The number of nitrogens with one attached hydrogen (secondary N) is 1. The Bertz CT molecular complexity index is 381. The summed E-state index contributed by atoms with van der Waals surface area (Å²) in [5.41, 5.74) is -2.37. The summed E-state index contributed by atoms with van der Waals surface area (Å²) in [5.74, 6) is 0. The number of amides is 1. The molecule has 5 nitrogen and oxygen atoms in total. The van der Waals surface area contributed by atoms with Gasteiger partial charge in [0, 0.05) is 11.5 Å². The van der Waals surface area contributed by atoms with Gasteiger partial charge in [-0.15, -0.1) is 0 Å². The maximum absolute atomic E-state index is 12.7. The van der Waals surface area contributed by atoms with E-state index in [1.54, 1.807) is 20.8 Å². The number of aliphatic hydroxyl groups is 2. The van der Waals surface area contributed by atoms with E-state index in [4.69, 9.17) is 4.74 Å². The van der Waals surface area contributed by atoms with Gasteiger partial charge in [-0.25, -0.2) is 4.79 Å². The number of carbonyl (C=O) groups excluding carboxylic acids is 1. The highest BCUT2D eigenvalue weighted by Crippen LogP contribution is 2.46. The van der Waals surface area contributed by atoms with Crippen LogP contribution in [0.2, 0.25) is 0 Å². The Kier molecular flexibility index (Phi) is 5.15. The lowest BCUT2D eigenvalue weighted by Gasteiger charge is -2.33. The van der Waals surface area contributed by atoms with Gasteiger partial charge in [-0.1, -0.05) is 0 Å². The molecule has 0 heterocycles. The van der Waals surface area contributed by atoms with Gasteiger partial charge in [-0.2, -0.15) is 13.2 Å². The molecule has 1 amide bonds. The SMILES string of the molecule is CC(C)(C)OC(=O)NC1CCC(CO)(C(O)C(F)(F)F)C1. The van der Waals surface area contributed by atoms with Gasteiger partial charge < -0.3 is 20.3 Å². The van der Waals surface area contributed by atoms with Crippen LogP contribution in [-0.2, 0) is 4.74 Å². The highest BCUT2D eigenvalue weighted by atomic mass is 19.4. The third kappa shape index (κ3) is 4.74. The summed E-state index contributed by atoms with van der Waals surface area (Å²) < 4.78 is 43.0. The summed E-state index contributed by atoms with van der Waals surface area (Å²) in [5, 5.41) is 21.2. The molecule has 1 aliphatic carbocycles. The van der Waals surface area contributed by atoms with Crippen molar-refractivity contribution >= 4 is 6.09 Å². The number of rotatable bonds is 3. The Morgan fingerprint density at radius 2 is 2.00 bits per heavy atom. The first-order chi connectivity index (χ1) is 9.39.